The van der Waals surface area contributed by atoms with Gasteiger partial charge in [-0.25, -0.2) is 0 Å². The molecule has 0 radical (unpaired) electrons. The maximum atomic E-state index is 9.12. The average Bonchev–Trinajstić information content (AvgIpc) is 2.33. The van der Waals surface area contributed by atoms with Crippen molar-refractivity contribution in [3.63, 3.8) is 0 Å². The fourth-order valence-corrected chi connectivity index (χ4v) is 2.92. The molecule has 0 saturated carbocycles. The third kappa shape index (κ3) is 5.93. The summed E-state index contributed by atoms with van der Waals surface area (Å²) in [6, 6.07) is 2.75. The molecule has 0 spiro atoms. The number of hydrogen-bond donors (Lipinski definition) is 1. The smallest absolute Gasteiger partial charge is 0.0967 e. The Balaban J connectivity index is 2.28. The van der Waals surface area contributed by atoms with Crippen molar-refractivity contribution in [1.82, 2.24) is 10.2 Å². The zero-order valence-electron chi connectivity index (χ0n) is 13.4. The highest BCUT2D eigenvalue weighted by Gasteiger charge is 2.28. The molecule has 1 heterocycles. The highest BCUT2D eigenvalue weighted by atomic mass is 15.1. The summed E-state index contributed by atoms with van der Waals surface area (Å²) >= 11 is 0. The van der Waals surface area contributed by atoms with E-state index in [9.17, 15) is 0 Å². The van der Waals surface area contributed by atoms with Gasteiger partial charge in [0.1, 0.15) is 0 Å². The minimum Gasteiger partial charge on any atom is -0.303 e. The predicted molar refractivity (Wildman–Crippen MR) is 80.9 cm³/mol. The zero-order valence-corrected chi connectivity index (χ0v) is 13.4. The molecule has 1 rings (SSSR count). The highest BCUT2D eigenvalue weighted by molar-refractivity contribution is 4.91. The molecule has 1 unspecified atom stereocenters. The van der Waals surface area contributed by atoms with Crippen LogP contribution in [0.3, 0.4) is 0 Å². The second-order valence-corrected chi connectivity index (χ2v) is 7.27. The quantitative estimate of drug-likeness (QED) is 0.830. The first kappa shape index (κ1) is 16.5. The van der Waals surface area contributed by atoms with Crippen molar-refractivity contribution in [1.29, 1.82) is 5.26 Å². The van der Waals surface area contributed by atoms with Gasteiger partial charge in [0.25, 0.3) is 0 Å². The van der Waals surface area contributed by atoms with Crippen LogP contribution in [0.2, 0.25) is 0 Å². The summed E-state index contributed by atoms with van der Waals surface area (Å²) in [5.41, 5.74) is 0.445. The predicted octanol–water partition coefficient (Wildman–Crippen LogP) is 3.02. The molecule has 19 heavy (non-hydrogen) atoms. The highest BCUT2D eigenvalue weighted by Crippen LogP contribution is 2.34. The van der Waals surface area contributed by atoms with E-state index in [0.717, 1.165) is 18.9 Å². The molecule has 3 nitrogen and oxygen atoms in total. The number of likely N-dealkylation sites (tertiary alicyclic amines) is 1. The average molecular weight is 265 g/mol. The van der Waals surface area contributed by atoms with Gasteiger partial charge in [0.05, 0.1) is 12.1 Å². The Bertz CT molecular complexity index is 290. The number of nitriles is 1. The van der Waals surface area contributed by atoms with E-state index in [2.05, 4.69) is 50.9 Å². The largest absolute Gasteiger partial charge is 0.303 e. The second kappa shape index (κ2) is 7.26. The topological polar surface area (TPSA) is 39.1 Å². The van der Waals surface area contributed by atoms with Crippen LogP contribution in [-0.2, 0) is 0 Å². The summed E-state index contributed by atoms with van der Waals surface area (Å²) in [5, 5.41) is 12.4. The Kier molecular flexibility index (Phi) is 6.29. The van der Waals surface area contributed by atoms with Gasteiger partial charge in [0, 0.05) is 12.6 Å². The van der Waals surface area contributed by atoms with Gasteiger partial charge in [0.2, 0.25) is 0 Å². The normalized spacial score (nSPS) is 20.5. The maximum absolute atomic E-state index is 9.12. The van der Waals surface area contributed by atoms with Crippen LogP contribution < -0.4 is 5.32 Å². The SMILES string of the molecule is CC(C)NC(C#N)CCN1CCC(C(C)(C)C)CC1. The van der Waals surface area contributed by atoms with E-state index in [-0.39, 0.29) is 6.04 Å². The van der Waals surface area contributed by atoms with Crippen molar-refractivity contribution in [2.45, 2.75) is 66.0 Å². The van der Waals surface area contributed by atoms with E-state index < -0.39 is 0 Å². The minimum absolute atomic E-state index is 0.000314. The van der Waals surface area contributed by atoms with Crippen LogP contribution in [0.4, 0.5) is 0 Å². The van der Waals surface area contributed by atoms with Crippen molar-refractivity contribution in [2.75, 3.05) is 19.6 Å². The summed E-state index contributed by atoms with van der Waals surface area (Å²) in [6.07, 6.45) is 3.55. The van der Waals surface area contributed by atoms with Crippen LogP contribution in [0.5, 0.6) is 0 Å². The third-order valence-corrected chi connectivity index (χ3v) is 4.24. The van der Waals surface area contributed by atoms with Crippen LogP contribution in [0.1, 0.15) is 53.9 Å². The molecule has 1 fully saturated rings. The summed E-state index contributed by atoms with van der Waals surface area (Å²) in [5.74, 6) is 0.851. The fourth-order valence-electron chi connectivity index (χ4n) is 2.92. The molecular formula is C16H31N3. The lowest BCUT2D eigenvalue weighted by molar-refractivity contribution is 0.110. The van der Waals surface area contributed by atoms with Crippen LogP contribution in [-0.4, -0.2) is 36.6 Å². The van der Waals surface area contributed by atoms with Crippen LogP contribution >= 0.6 is 0 Å². The van der Waals surface area contributed by atoms with E-state index in [1.165, 1.54) is 25.9 Å². The maximum Gasteiger partial charge on any atom is 0.0967 e. The molecule has 0 aromatic carbocycles. The Morgan fingerprint density at radius 3 is 2.26 bits per heavy atom. The van der Waals surface area contributed by atoms with Gasteiger partial charge in [-0.05, 0) is 57.5 Å². The van der Waals surface area contributed by atoms with Gasteiger partial charge in [-0.3, -0.25) is 5.32 Å². The van der Waals surface area contributed by atoms with E-state index in [4.69, 9.17) is 5.26 Å². The molecule has 1 saturated heterocycles. The van der Waals surface area contributed by atoms with E-state index in [0.29, 0.717) is 11.5 Å². The number of hydrogen-bond acceptors (Lipinski definition) is 3. The molecule has 3 heteroatoms. The molecule has 0 aromatic heterocycles. The molecule has 110 valence electrons. The summed E-state index contributed by atoms with van der Waals surface area (Å²) in [6.45, 7) is 14.7. The van der Waals surface area contributed by atoms with Crippen LogP contribution in [0, 0.1) is 22.7 Å². The standard InChI is InChI=1S/C16H31N3/c1-13(2)18-15(12-17)8-11-19-9-6-14(7-10-19)16(3,4)5/h13-15,18H,6-11H2,1-5H3. The first-order chi connectivity index (χ1) is 8.82. The number of rotatable bonds is 5. The second-order valence-electron chi connectivity index (χ2n) is 7.27. The Hall–Kier alpha value is -0.590. The van der Waals surface area contributed by atoms with Gasteiger partial charge in [-0.15, -0.1) is 0 Å². The van der Waals surface area contributed by atoms with Gasteiger partial charge in [-0.2, -0.15) is 5.26 Å². The summed E-state index contributed by atoms with van der Waals surface area (Å²) in [4.78, 5) is 2.52. The lowest BCUT2D eigenvalue weighted by Crippen LogP contribution is -2.41. The van der Waals surface area contributed by atoms with Crippen molar-refractivity contribution in [2.24, 2.45) is 11.3 Å². The number of nitrogens with one attached hydrogen (secondary N) is 1. The van der Waals surface area contributed by atoms with Gasteiger partial charge >= 0.3 is 0 Å². The molecule has 1 aliphatic rings. The number of nitrogens with zero attached hydrogens (tertiary/aromatic N) is 2. The van der Waals surface area contributed by atoms with Gasteiger partial charge in [0.15, 0.2) is 0 Å². The van der Waals surface area contributed by atoms with Crippen LogP contribution in [0.25, 0.3) is 0 Å². The van der Waals surface area contributed by atoms with E-state index in [1.807, 2.05) is 0 Å². The summed E-state index contributed by atoms with van der Waals surface area (Å²) in [7, 11) is 0. The molecule has 0 aromatic rings. The van der Waals surface area contributed by atoms with Gasteiger partial charge < -0.3 is 4.90 Å². The summed E-state index contributed by atoms with van der Waals surface area (Å²) < 4.78 is 0. The van der Waals surface area contributed by atoms with Crippen molar-refractivity contribution < 1.29 is 0 Å². The van der Waals surface area contributed by atoms with Crippen molar-refractivity contribution in [3.05, 3.63) is 0 Å². The van der Waals surface area contributed by atoms with Crippen LogP contribution in [0.15, 0.2) is 0 Å². The van der Waals surface area contributed by atoms with Crippen molar-refractivity contribution in [3.8, 4) is 6.07 Å². The van der Waals surface area contributed by atoms with Gasteiger partial charge in [-0.1, -0.05) is 20.8 Å². The molecular weight excluding hydrogens is 234 g/mol. The first-order valence-corrected chi connectivity index (χ1v) is 7.71. The Morgan fingerprint density at radius 1 is 1.26 bits per heavy atom. The first-order valence-electron chi connectivity index (χ1n) is 7.71. The molecule has 0 aliphatic carbocycles. The lowest BCUT2D eigenvalue weighted by atomic mass is 9.75. The lowest BCUT2D eigenvalue weighted by Gasteiger charge is -2.39. The molecule has 1 atom stereocenters. The zero-order chi connectivity index (χ0) is 14.5. The Labute approximate surface area is 119 Å². The monoisotopic (exact) mass is 265 g/mol. The van der Waals surface area contributed by atoms with Crippen molar-refractivity contribution >= 4 is 0 Å². The molecule has 0 amide bonds. The van der Waals surface area contributed by atoms with E-state index in [1.54, 1.807) is 0 Å². The van der Waals surface area contributed by atoms with E-state index >= 15 is 0 Å². The third-order valence-electron chi connectivity index (χ3n) is 4.24. The molecule has 1 N–H and O–H groups in total. The molecule has 0 bridgehead atoms. The Morgan fingerprint density at radius 2 is 1.84 bits per heavy atom. The fraction of sp³-hybridized carbons (Fsp3) is 0.938. The minimum atomic E-state index is 0.000314. The molecule has 1 aliphatic heterocycles. The number of piperidine rings is 1.